The molecule has 0 radical (unpaired) electrons. The van der Waals surface area contributed by atoms with Gasteiger partial charge in [0.15, 0.2) is 5.69 Å². The van der Waals surface area contributed by atoms with Crippen LogP contribution in [0.2, 0.25) is 10.0 Å². The van der Waals surface area contributed by atoms with Gasteiger partial charge >= 0.3 is 12.1 Å². The molecule has 0 fully saturated rings. The molecule has 0 aliphatic heterocycles. The SMILES string of the molecule is O=C(O)c1cnc(Nc2cc(Cl)ccc2Cl)nc1C(F)(F)F. The van der Waals surface area contributed by atoms with Crippen LogP contribution >= 0.6 is 23.2 Å². The lowest BCUT2D eigenvalue weighted by atomic mass is 10.2. The predicted molar refractivity (Wildman–Crippen MR) is 73.7 cm³/mol. The first kappa shape index (κ1) is 16.3. The first-order chi connectivity index (χ1) is 10.2. The lowest BCUT2D eigenvalue weighted by Crippen LogP contribution is -2.17. The van der Waals surface area contributed by atoms with E-state index < -0.39 is 29.4 Å². The Balaban J connectivity index is 2.45. The maximum atomic E-state index is 12.8. The van der Waals surface area contributed by atoms with Gasteiger partial charge in [-0.3, -0.25) is 0 Å². The number of carboxylic acids is 1. The second-order valence-corrected chi connectivity index (χ2v) is 4.85. The van der Waals surface area contributed by atoms with Crippen LogP contribution in [0.1, 0.15) is 16.1 Å². The molecule has 0 unspecified atom stereocenters. The fraction of sp³-hybridized carbons (Fsp3) is 0.0833. The summed E-state index contributed by atoms with van der Waals surface area (Å²) in [6.45, 7) is 0. The summed E-state index contributed by atoms with van der Waals surface area (Å²) in [6.07, 6.45) is -4.37. The molecule has 2 N–H and O–H groups in total. The molecule has 0 amide bonds. The van der Waals surface area contributed by atoms with E-state index in [9.17, 15) is 18.0 Å². The number of aromatic carboxylic acids is 1. The maximum absolute atomic E-state index is 12.8. The Labute approximate surface area is 131 Å². The molecule has 0 aliphatic rings. The van der Waals surface area contributed by atoms with Crippen molar-refractivity contribution in [2.24, 2.45) is 0 Å². The highest BCUT2D eigenvalue weighted by Crippen LogP contribution is 2.32. The number of nitrogens with zero attached hydrogens (tertiary/aromatic N) is 2. The van der Waals surface area contributed by atoms with Crippen molar-refractivity contribution in [3.8, 4) is 0 Å². The van der Waals surface area contributed by atoms with Gasteiger partial charge in [-0.05, 0) is 18.2 Å². The van der Waals surface area contributed by atoms with Crippen molar-refractivity contribution < 1.29 is 23.1 Å². The minimum atomic E-state index is -4.94. The zero-order valence-corrected chi connectivity index (χ0v) is 12.0. The van der Waals surface area contributed by atoms with Gasteiger partial charge in [-0.15, -0.1) is 0 Å². The van der Waals surface area contributed by atoms with E-state index in [1.54, 1.807) is 0 Å². The molecule has 2 aromatic rings. The number of hydrogen-bond donors (Lipinski definition) is 2. The van der Waals surface area contributed by atoms with Crippen LogP contribution in [-0.4, -0.2) is 21.0 Å². The van der Waals surface area contributed by atoms with Crippen molar-refractivity contribution in [2.45, 2.75) is 6.18 Å². The highest BCUT2D eigenvalue weighted by molar-refractivity contribution is 6.35. The van der Waals surface area contributed by atoms with Gasteiger partial charge in [0.25, 0.3) is 0 Å². The van der Waals surface area contributed by atoms with Crippen LogP contribution in [-0.2, 0) is 6.18 Å². The monoisotopic (exact) mass is 351 g/mol. The number of halogens is 5. The quantitative estimate of drug-likeness (QED) is 0.864. The van der Waals surface area contributed by atoms with Crippen LogP contribution in [0, 0.1) is 0 Å². The fourth-order valence-corrected chi connectivity index (χ4v) is 1.87. The van der Waals surface area contributed by atoms with Crippen LogP contribution in [0.3, 0.4) is 0 Å². The third-order valence-corrected chi connectivity index (χ3v) is 3.03. The average molecular weight is 352 g/mol. The molecular weight excluding hydrogens is 346 g/mol. The van der Waals surface area contributed by atoms with E-state index in [4.69, 9.17) is 28.3 Å². The number of carboxylic acid groups (broad SMARTS) is 1. The van der Waals surface area contributed by atoms with E-state index in [1.165, 1.54) is 18.2 Å². The highest BCUT2D eigenvalue weighted by atomic mass is 35.5. The first-order valence-electron chi connectivity index (χ1n) is 5.58. The van der Waals surface area contributed by atoms with Gasteiger partial charge in [-0.25, -0.2) is 14.8 Å². The highest BCUT2D eigenvalue weighted by Gasteiger charge is 2.38. The van der Waals surface area contributed by atoms with Gasteiger partial charge in [0.05, 0.1) is 10.7 Å². The molecule has 0 aliphatic carbocycles. The summed E-state index contributed by atoms with van der Waals surface area (Å²) in [6, 6.07) is 4.29. The molecule has 0 bridgehead atoms. The number of aromatic nitrogens is 2. The lowest BCUT2D eigenvalue weighted by Gasteiger charge is -2.12. The third-order valence-electron chi connectivity index (χ3n) is 2.46. The largest absolute Gasteiger partial charge is 0.478 e. The number of carbonyl (C=O) groups is 1. The maximum Gasteiger partial charge on any atom is 0.434 e. The van der Waals surface area contributed by atoms with E-state index in [0.717, 1.165) is 0 Å². The molecule has 1 heterocycles. The number of nitrogens with one attached hydrogen (secondary N) is 1. The van der Waals surface area contributed by atoms with Crippen LogP contribution in [0.5, 0.6) is 0 Å². The van der Waals surface area contributed by atoms with E-state index in [2.05, 4.69) is 15.3 Å². The molecule has 0 spiro atoms. The first-order valence-corrected chi connectivity index (χ1v) is 6.33. The van der Waals surface area contributed by atoms with E-state index >= 15 is 0 Å². The zero-order valence-electron chi connectivity index (χ0n) is 10.4. The number of hydrogen-bond acceptors (Lipinski definition) is 4. The molecule has 0 atom stereocenters. The van der Waals surface area contributed by atoms with Gasteiger partial charge in [-0.2, -0.15) is 13.2 Å². The van der Waals surface area contributed by atoms with Crippen molar-refractivity contribution in [1.29, 1.82) is 0 Å². The Bertz CT molecular complexity index is 738. The molecule has 2 rings (SSSR count). The van der Waals surface area contributed by atoms with Crippen molar-refractivity contribution in [3.63, 3.8) is 0 Å². The normalized spacial score (nSPS) is 11.3. The summed E-state index contributed by atoms with van der Waals surface area (Å²) < 4.78 is 38.5. The van der Waals surface area contributed by atoms with Crippen LogP contribution in [0.25, 0.3) is 0 Å². The molecule has 1 aromatic heterocycles. The molecule has 0 saturated carbocycles. The summed E-state index contributed by atoms with van der Waals surface area (Å²) >= 11 is 11.6. The number of benzene rings is 1. The molecule has 5 nitrogen and oxygen atoms in total. The summed E-state index contributed by atoms with van der Waals surface area (Å²) in [4.78, 5) is 17.5. The minimum Gasteiger partial charge on any atom is -0.478 e. The molecule has 1 aromatic carbocycles. The lowest BCUT2D eigenvalue weighted by molar-refractivity contribution is -0.141. The van der Waals surface area contributed by atoms with Crippen molar-refractivity contribution in [1.82, 2.24) is 9.97 Å². The van der Waals surface area contributed by atoms with E-state index in [-0.39, 0.29) is 10.7 Å². The predicted octanol–water partition coefficient (Wildman–Crippen LogP) is 4.24. The minimum absolute atomic E-state index is 0.184. The molecule has 22 heavy (non-hydrogen) atoms. The fourth-order valence-electron chi connectivity index (χ4n) is 1.53. The summed E-state index contributed by atoms with van der Waals surface area (Å²) in [5.41, 5.74) is -2.42. The van der Waals surface area contributed by atoms with E-state index in [1.807, 2.05) is 0 Å². The average Bonchev–Trinajstić information content (AvgIpc) is 2.41. The number of rotatable bonds is 3. The summed E-state index contributed by atoms with van der Waals surface area (Å²) in [7, 11) is 0. The standard InChI is InChI=1S/C12H6Cl2F3N3O2/c13-5-1-2-7(14)8(3-5)19-11-18-4-6(10(21)22)9(20-11)12(15,16)17/h1-4H,(H,21,22)(H,18,19,20). The molecule has 10 heteroatoms. The van der Waals surface area contributed by atoms with Gasteiger partial charge in [0.2, 0.25) is 5.95 Å². The van der Waals surface area contributed by atoms with Gasteiger partial charge in [-0.1, -0.05) is 23.2 Å². The van der Waals surface area contributed by atoms with Gasteiger partial charge < -0.3 is 10.4 Å². The smallest absolute Gasteiger partial charge is 0.434 e. The number of alkyl halides is 3. The second kappa shape index (κ2) is 5.98. The molecule has 0 saturated heterocycles. The molecular formula is C12H6Cl2F3N3O2. The van der Waals surface area contributed by atoms with Crippen molar-refractivity contribution in [3.05, 3.63) is 45.7 Å². The molecule has 116 valence electrons. The van der Waals surface area contributed by atoms with Gasteiger partial charge in [0.1, 0.15) is 5.56 Å². The Morgan fingerprint density at radius 3 is 2.55 bits per heavy atom. The van der Waals surface area contributed by atoms with Crippen molar-refractivity contribution >= 4 is 40.8 Å². The van der Waals surface area contributed by atoms with Gasteiger partial charge in [0, 0.05) is 11.2 Å². The third kappa shape index (κ3) is 3.58. The zero-order chi connectivity index (χ0) is 16.5. The van der Waals surface area contributed by atoms with E-state index in [0.29, 0.717) is 11.2 Å². The van der Waals surface area contributed by atoms with Crippen LogP contribution in [0.15, 0.2) is 24.4 Å². The van der Waals surface area contributed by atoms with Crippen molar-refractivity contribution in [2.75, 3.05) is 5.32 Å². The Kier molecular flexibility index (Phi) is 4.43. The Hall–Kier alpha value is -2.06. The van der Waals surface area contributed by atoms with Crippen LogP contribution in [0.4, 0.5) is 24.8 Å². The van der Waals surface area contributed by atoms with Crippen LogP contribution < -0.4 is 5.32 Å². The summed E-state index contributed by atoms with van der Waals surface area (Å²) in [5, 5.41) is 11.7. The number of anilines is 2. The summed E-state index contributed by atoms with van der Waals surface area (Å²) in [5.74, 6) is -2.24. The Morgan fingerprint density at radius 2 is 1.95 bits per heavy atom. The second-order valence-electron chi connectivity index (χ2n) is 4.01. The topological polar surface area (TPSA) is 75.1 Å². The Morgan fingerprint density at radius 1 is 1.27 bits per heavy atom.